The van der Waals surface area contributed by atoms with Crippen molar-refractivity contribution in [3.05, 3.63) is 102 Å². The average Bonchev–Trinajstić information content (AvgIpc) is 2.88. The number of amides is 2. The van der Waals surface area contributed by atoms with Crippen LogP contribution in [0, 0.1) is 5.92 Å². The first kappa shape index (κ1) is 22.6. The third-order valence-electron chi connectivity index (χ3n) is 6.33. The van der Waals surface area contributed by atoms with Crippen LogP contribution in [0.15, 0.2) is 84.9 Å². The Balaban J connectivity index is 1.55. The number of rotatable bonds is 6. The van der Waals surface area contributed by atoms with Gasteiger partial charge in [0.25, 0.3) is 5.91 Å². The minimum absolute atomic E-state index is 0.0539. The first-order valence-electron chi connectivity index (χ1n) is 11.3. The monoisotopic (exact) mass is 442 g/mol. The highest BCUT2D eigenvalue weighted by atomic mass is 16.5. The second kappa shape index (κ2) is 10.3. The van der Waals surface area contributed by atoms with Crippen molar-refractivity contribution >= 4 is 11.8 Å². The fourth-order valence-corrected chi connectivity index (χ4v) is 4.57. The Labute approximate surface area is 195 Å². The number of carbonyl (C=O) groups excluding carboxylic acids is 2. The molecule has 0 N–H and O–H groups in total. The van der Waals surface area contributed by atoms with Crippen LogP contribution in [0.5, 0.6) is 5.75 Å². The summed E-state index contributed by atoms with van der Waals surface area (Å²) in [4.78, 5) is 30.4. The van der Waals surface area contributed by atoms with Gasteiger partial charge in [-0.15, -0.1) is 0 Å². The standard InChI is InChI=1S/C28H30N2O3/c1-29(18-21-9-5-3-6-10-21)27(31)25-17-24(22-11-7-4-8-12-22)19-30(20-25)28(32)23-13-15-26(33-2)16-14-23/h3-16,24-25H,17-20H2,1-2H3. The third kappa shape index (κ3) is 5.43. The lowest BCUT2D eigenvalue weighted by molar-refractivity contribution is -0.136. The fourth-order valence-electron chi connectivity index (χ4n) is 4.57. The van der Waals surface area contributed by atoms with Gasteiger partial charge in [0.15, 0.2) is 0 Å². The van der Waals surface area contributed by atoms with Gasteiger partial charge in [0.05, 0.1) is 13.0 Å². The number of hydrogen-bond acceptors (Lipinski definition) is 3. The van der Waals surface area contributed by atoms with E-state index >= 15 is 0 Å². The summed E-state index contributed by atoms with van der Waals surface area (Å²) in [5.41, 5.74) is 2.86. The molecule has 4 rings (SSSR count). The van der Waals surface area contributed by atoms with Gasteiger partial charge in [-0.05, 0) is 41.8 Å². The molecule has 1 saturated heterocycles. The van der Waals surface area contributed by atoms with Crippen molar-refractivity contribution in [1.29, 1.82) is 0 Å². The number of carbonyl (C=O) groups is 2. The summed E-state index contributed by atoms with van der Waals surface area (Å²) >= 11 is 0. The van der Waals surface area contributed by atoms with Crippen LogP contribution in [-0.2, 0) is 11.3 Å². The molecule has 3 aromatic rings. The van der Waals surface area contributed by atoms with Gasteiger partial charge in [0.1, 0.15) is 5.75 Å². The molecular formula is C28H30N2O3. The molecule has 170 valence electrons. The molecule has 2 unspecified atom stereocenters. The summed E-state index contributed by atoms with van der Waals surface area (Å²) in [6, 6.07) is 27.3. The van der Waals surface area contributed by atoms with E-state index in [-0.39, 0.29) is 23.7 Å². The van der Waals surface area contributed by atoms with Gasteiger partial charge in [-0.3, -0.25) is 9.59 Å². The number of nitrogens with zero attached hydrogens (tertiary/aromatic N) is 2. The first-order valence-corrected chi connectivity index (χ1v) is 11.3. The molecule has 0 radical (unpaired) electrons. The molecule has 0 aromatic heterocycles. The van der Waals surface area contributed by atoms with Gasteiger partial charge in [0, 0.05) is 38.2 Å². The second-order valence-corrected chi connectivity index (χ2v) is 8.66. The maximum Gasteiger partial charge on any atom is 0.253 e. The maximum absolute atomic E-state index is 13.4. The quantitative estimate of drug-likeness (QED) is 0.561. The molecule has 1 aliphatic rings. The molecule has 5 nitrogen and oxygen atoms in total. The number of ether oxygens (including phenoxy) is 1. The molecule has 0 bridgehead atoms. The van der Waals surface area contributed by atoms with Crippen LogP contribution in [0.2, 0.25) is 0 Å². The summed E-state index contributed by atoms with van der Waals surface area (Å²) in [5, 5.41) is 0. The number of likely N-dealkylation sites (tertiary alicyclic amines) is 1. The molecule has 2 atom stereocenters. The molecular weight excluding hydrogens is 412 g/mol. The molecule has 3 aromatic carbocycles. The predicted molar refractivity (Wildman–Crippen MR) is 129 cm³/mol. The van der Waals surface area contributed by atoms with Crippen LogP contribution in [0.1, 0.15) is 33.8 Å². The number of benzene rings is 3. The van der Waals surface area contributed by atoms with Crippen LogP contribution >= 0.6 is 0 Å². The zero-order chi connectivity index (χ0) is 23.2. The Bertz CT molecular complexity index is 1070. The lowest BCUT2D eigenvalue weighted by Crippen LogP contribution is -2.48. The van der Waals surface area contributed by atoms with E-state index in [1.165, 1.54) is 0 Å². The number of piperidine rings is 1. The van der Waals surface area contributed by atoms with Crippen molar-refractivity contribution in [2.24, 2.45) is 5.92 Å². The lowest BCUT2D eigenvalue weighted by atomic mass is 9.83. The van der Waals surface area contributed by atoms with Crippen molar-refractivity contribution in [2.75, 3.05) is 27.2 Å². The van der Waals surface area contributed by atoms with Crippen LogP contribution in [0.3, 0.4) is 0 Å². The Morgan fingerprint density at radius 3 is 2.18 bits per heavy atom. The van der Waals surface area contributed by atoms with E-state index in [1.54, 1.807) is 36.3 Å². The van der Waals surface area contributed by atoms with E-state index in [9.17, 15) is 9.59 Å². The van der Waals surface area contributed by atoms with Gasteiger partial charge in [-0.2, -0.15) is 0 Å². The maximum atomic E-state index is 13.4. The SMILES string of the molecule is COc1ccc(C(=O)N2CC(C(=O)N(C)Cc3ccccc3)CC(c3ccccc3)C2)cc1. The molecule has 0 spiro atoms. The van der Waals surface area contributed by atoms with Crippen molar-refractivity contribution in [3.8, 4) is 5.75 Å². The van der Waals surface area contributed by atoms with Gasteiger partial charge in [0.2, 0.25) is 5.91 Å². The third-order valence-corrected chi connectivity index (χ3v) is 6.33. The van der Waals surface area contributed by atoms with Crippen molar-refractivity contribution < 1.29 is 14.3 Å². The van der Waals surface area contributed by atoms with E-state index in [1.807, 2.05) is 60.5 Å². The van der Waals surface area contributed by atoms with Crippen molar-refractivity contribution in [2.45, 2.75) is 18.9 Å². The zero-order valence-electron chi connectivity index (χ0n) is 19.2. The van der Waals surface area contributed by atoms with E-state index in [0.717, 1.165) is 17.5 Å². The lowest BCUT2D eigenvalue weighted by Gasteiger charge is -2.39. The second-order valence-electron chi connectivity index (χ2n) is 8.66. The summed E-state index contributed by atoms with van der Waals surface area (Å²) in [5.74, 6) is 0.595. The molecule has 1 fully saturated rings. The normalized spacial score (nSPS) is 17.9. The Morgan fingerprint density at radius 2 is 1.55 bits per heavy atom. The smallest absolute Gasteiger partial charge is 0.253 e. The van der Waals surface area contributed by atoms with Gasteiger partial charge in [-0.1, -0.05) is 60.7 Å². The fraction of sp³-hybridized carbons (Fsp3) is 0.286. The molecule has 0 saturated carbocycles. The Hall–Kier alpha value is -3.60. The first-order chi connectivity index (χ1) is 16.0. The topological polar surface area (TPSA) is 49.9 Å². The summed E-state index contributed by atoms with van der Waals surface area (Å²) in [7, 11) is 3.45. The van der Waals surface area contributed by atoms with Crippen LogP contribution in [0.25, 0.3) is 0 Å². The van der Waals surface area contributed by atoms with Crippen LogP contribution in [-0.4, -0.2) is 48.9 Å². The number of methoxy groups -OCH3 is 1. The number of hydrogen-bond donors (Lipinski definition) is 0. The van der Waals surface area contributed by atoms with E-state index in [2.05, 4.69) is 12.1 Å². The van der Waals surface area contributed by atoms with Gasteiger partial charge in [-0.25, -0.2) is 0 Å². The summed E-state index contributed by atoms with van der Waals surface area (Å²) in [6.07, 6.45) is 0.731. The van der Waals surface area contributed by atoms with Gasteiger partial charge < -0.3 is 14.5 Å². The molecule has 33 heavy (non-hydrogen) atoms. The highest BCUT2D eigenvalue weighted by molar-refractivity contribution is 5.95. The van der Waals surface area contributed by atoms with Crippen molar-refractivity contribution in [3.63, 3.8) is 0 Å². The molecule has 1 heterocycles. The molecule has 0 aliphatic carbocycles. The molecule has 1 aliphatic heterocycles. The van der Waals surface area contributed by atoms with E-state index in [4.69, 9.17) is 4.74 Å². The van der Waals surface area contributed by atoms with E-state index < -0.39 is 0 Å². The predicted octanol–water partition coefficient (Wildman–Crippen LogP) is 4.60. The van der Waals surface area contributed by atoms with Crippen molar-refractivity contribution in [1.82, 2.24) is 9.80 Å². The Morgan fingerprint density at radius 1 is 0.909 bits per heavy atom. The highest BCUT2D eigenvalue weighted by Gasteiger charge is 2.36. The summed E-state index contributed by atoms with van der Waals surface area (Å²) in [6.45, 7) is 1.58. The zero-order valence-corrected chi connectivity index (χ0v) is 19.2. The van der Waals surface area contributed by atoms with E-state index in [0.29, 0.717) is 30.9 Å². The van der Waals surface area contributed by atoms with Gasteiger partial charge >= 0.3 is 0 Å². The molecule has 5 heteroatoms. The van der Waals surface area contributed by atoms with Crippen LogP contribution in [0.4, 0.5) is 0 Å². The minimum atomic E-state index is -0.250. The Kier molecular flexibility index (Phi) is 7.08. The highest BCUT2D eigenvalue weighted by Crippen LogP contribution is 2.32. The average molecular weight is 443 g/mol. The molecule has 2 amide bonds. The largest absolute Gasteiger partial charge is 0.497 e. The minimum Gasteiger partial charge on any atom is -0.497 e. The van der Waals surface area contributed by atoms with Crippen LogP contribution < -0.4 is 4.74 Å². The summed E-state index contributed by atoms with van der Waals surface area (Å²) < 4.78 is 5.22.